The standard InChI is InChI=1S/C28H20ClN5O2S.C4H10O/c1-15-9-23-27(26(20(15)12-25(35)36)16-3-5-19(29)6-4-16)37-28(32-23)17-7-8-30-21(10-17)22-11-18-14-34(2)33-24(18)13-31-22;1-4(2,3)5/h3-11,13-14H,12H2,1-2H3,(H,35,36);5H,1-3H3. The maximum absolute atomic E-state index is 11.7. The summed E-state index contributed by atoms with van der Waals surface area (Å²) in [5.41, 5.74) is 7.03. The molecule has 0 spiro atoms. The topological polar surface area (TPSA) is 114 Å². The highest BCUT2D eigenvalue weighted by Gasteiger charge is 2.20. The van der Waals surface area contributed by atoms with Crippen LogP contribution in [0.25, 0.3) is 54.2 Å². The van der Waals surface area contributed by atoms with E-state index in [0.29, 0.717) is 5.02 Å². The molecule has 0 aliphatic carbocycles. The molecule has 0 atom stereocenters. The molecule has 0 aliphatic rings. The van der Waals surface area contributed by atoms with Crippen LogP contribution in [0.3, 0.4) is 0 Å². The number of pyridine rings is 2. The maximum atomic E-state index is 11.7. The Morgan fingerprint density at radius 3 is 2.38 bits per heavy atom. The van der Waals surface area contributed by atoms with Crippen molar-refractivity contribution < 1.29 is 15.0 Å². The molecule has 0 saturated heterocycles. The highest BCUT2D eigenvalue weighted by molar-refractivity contribution is 7.22. The molecular formula is C32H30ClN5O3S. The molecule has 214 valence electrons. The van der Waals surface area contributed by atoms with Crippen LogP contribution in [0.1, 0.15) is 31.9 Å². The first-order valence-corrected chi connectivity index (χ1v) is 14.4. The summed E-state index contributed by atoms with van der Waals surface area (Å²) in [4.78, 5) is 25.8. The molecule has 2 N–H and O–H groups in total. The second-order valence-electron chi connectivity index (χ2n) is 11.0. The van der Waals surface area contributed by atoms with Crippen LogP contribution in [-0.4, -0.2) is 46.5 Å². The van der Waals surface area contributed by atoms with Crippen LogP contribution in [0.2, 0.25) is 5.02 Å². The Labute approximate surface area is 252 Å². The third-order valence-electron chi connectivity index (χ3n) is 6.25. The van der Waals surface area contributed by atoms with Gasteiger partial charge in [-0.25, -0.2) is 4.98 Å². The summed E-state index contributed by atoms with van der Waals surface area (Å²) in [6.45, 7) is 7.16. The van der Waals surface area contributed by atoms with Gasteiger partial charge in [-0.2, -0.15) is 5.10 Å². The van der Waals surface area contributed by atoms with E-state index in [1.807, 2.05) is 68.7 Å². The summed E-state index contributed by atoms with van der Waals surface area (Å²) < 4.78 is 2.70. The number of nitrogens with zero attached hydrogens (tertiary/aromatic N) is 5. The normalized spacial score (nSPS) is 11.5. The molecule has 42 heavy (non-hydrogen) atoms. The number of rotatable bonds is 5. The van der Waals surface area contributed by atoms with Crippen molar-refractivity contribution in [2.45, 2.75) is 39.7 Å². The zero-order chi connectivity index (χ0) is 30.2. The SMILES string of the molecule is CC(C)(C)O.Cc1cc2nc(-c3ccnc(-c4cc5cn(C)nc5cn4)c3)sc2c(-c2ccc(Cl)cc2)c1CC(=O)O. The van der Waals surface area contributed by atoms with Crippen molar-refractivity contribution in [1.82, 2.24) is 24.7 Å². The van der Waals surface area contributed by atoms with Gasteiger partial charge in [-0.3, -0.25) is 19.4 Å². The van der Waals surface area contributed by atoms with Crippen molar-refractivity contribution >= 4 is 50.0 Å². The number of benzene rings is 2. The fraction of sp³-hybridized carbons (Fsp3) is 0.219. The second-order valence-corrected chi connectivity index (χ2v) is 12.5. The first kappa shape index (κ1) is 29.3. The molecule has 6 aromatic rings. The molecule has 0 amide bonds. The first-order valence-electron chi connectivity index (χ1n) is 13.2. The Balaban J connectivity index is 0.000000652. The lowest BCUT2D eigenvalue weighted by Crippen LogP contribution is -2.10. The number of aliphatic hydroxyl groups is 1. The van der Waals surface area contributed by atoms with Gasteiger partial charge in [0.15, 0.2) is 0 Å². The van der Waals surface area contributed by atoms with Gasteiger partial charge < -0.3 is 10.2 Å². The molecule has 4 aromatic heterocycles. The molecule has 0 unspecified atom stereocenters. The molecular weight excluding hydrogens is 570 g/mol. The second kappa shape index (κ2) is 11.6. The minimum absolute atomic E-state index is 0.0745. The van der Waals surface area contributed by atoms with Crippen LogP contribution < -0.4 is 0 Å². The van der Waals surface area contributed by atoms with Crippen molar-refractivity contribution in [3.8, 4) is 33.1 Å². The van der Waals surface area contributed by atoms with Crippen molar-refractivity contribution in [3.05, 3.63) is 83.3 Å². The Kier molecular flexibility index (Phi) is 8.10. The number of thiazole rings is 1. The van der Waals surface area contributed by atoms with Gasteiger partial charge in [-0.05, 0) is 80.8 Å². The minimum Gasteiger partial charge on any atom is -0.481 e. The van der Waals surface area contributed by atoms with Gasteiger partial charge in [0.2, 0.25) is 0 Å². The molecule has 0 bridgehead atoms. The molecule has 0 radical (unpaired) electrons. The van der Waals surface area contributed by atoms with E-state index >= 15 is 0 Å². The van der Waals surface area contributed by atoms with Crippen LogP contribution in [-0.2, 0) is 18.3 Å². The summed E-state index contributed by atoms with van der Waals surface area (Å²) in [5.74, 6) is -0.876. The van der Waals surface area contributed by atoms with Crippen molar-refractivity contribution in [3.63, 3.8) is 0 Å². The van der Waals surface area contributed by atoms with Crippen LogP contribution in [0.15, 0.2) is 67.1 Å². The smallest absolute Gasteiger partial charge is 0.307 e. The zero-order valence-corrected chi connectivity index (χ0v) is 25.5. The van der Waals surface area contributed by atoms with E-state index in [1.165, 1.54) is 11.3 Å². The fourth-order valence-electron chi connectivity index (χ4n) is 4.55. The summed E-state index contributed by atoms with van der Waals surface area (Å²) in [6, 6.07) is 15.3. The van der Waals surface area contributed by atoms with Gasteiger partial charge in [0.05, 0.1) is 39.8 Å². The Bertz CT molecular complexity index is 1920. The molecule has 4 heterocycles. The van der Waals surface area contributed by atoms with E-state index in [0.717, 1.165) is 65.3 Å². The van der Waals surface area contributed by atoms with Crippen molar-refractivity contribution in [2.75, 3.05) is 0 Å². The molecule has 6 rings (SSSR count). The van der Waals surface area contributed by atoms with E-state index < -0.39 is 11.6 Å². The van der Waals surface area contributed by atoms with Gasteiger partial charge in [0.1, 0.15) is 10.5 Å². The molecule has 10 heteroatoms. The van der Waals surface area contributed by atoms with Gasteiger partial charge in [0, 0.05) is 41.0 Å². The fourth-order valence-corrected chi connectivity index (χ4v) is 5.81. The number of hydrogen-bond acceptors (Lipinski definition) is 7. The lowest BCUT2D eigenvalue weighted by Gasteiger charge is -2.13. The van der Waals surface area contributed by atoms with Gasteiger partial charge in [-0.15, -0.1) is 11.3 Å². The minimum atomic E-state index is -0.876. The van der Waals surface area contributed by atoms with E-state index in [1.54, 1.807) is 37.8 Å². The number of hydrogen-bond donors (Lipinski definition) is 2. The summed E-state index contributed by atoms with van der Waals surface area (Å²) in [6.07, 6.45) is 5.39. The largest absolute Gasteiger partial charge is 0.481 e. The number of carboxylic acid groups (broad SMARTS) is 1. The van der Waals surface area contributed by atoms with Crippen LogP contribution in [0, 0.1) is 6.92 Å². The number of carboxylic acids is 1. The highest BCUT2D eigenvalue weighted by atomic mass is 35.5. The lowest BCUT2D eigenvalue weighted by molar-refractivity contribution is -0.136. The number of aryl methyl sites for hydroxylation is 2. The number of carbonyl (C=O) groups is 1. The van der Waals surface area contributed by atoms with Gasteiger partial charge in [-0.1, -0.05) is 23.7 Å². The summed E-state index contributed by atoms with van der Waals surface area (Å²) in [5, 5.41) is 25.0. The van der Waals surface area contributed by atoms with E-state index in [2.05, 4.69) is 15.1 Å². The summed E-state index contributed by atoms with van der Waals surface area (Å²) in [7, 11) is 1.88. The molecule has 8 nitrogen and oxygen atoms in total. The average molecular weight is 600 g/mol. The predicted octanol–water partition coefficient (Wildman–Crippen LogP) is 7.34. The Morgan fingerprint density at radius 2 is 1.69 bits per heavy atom. The van der Waals surface area contributed by atoms with Gasteiger partial charge >= 0.3 is 5.97 Å². The monoisotopic (exact) mass is 599 g/mol. The predicted molar refractivity (Wildman–Crippen MR) is 169 cm³/mol. The average Bonchev–Trinajstić information content (AvgIpc) is 3.50. The van der Waals surface area contributed by atoms with Gasteiger partial charge in [0.25, 0.3) is 0 Å². The Morgan fingerprint density at radius 1 is 1.00 bits per heavy atom. The Hall–Kier alpha value is -4.18. The number of halogens is 1. The van der Waals surface area contributed by atoms with E-state index in [9.17, 15) is 9.90 Å². The molecule has 0 saturated carbocycles. The number of fused-ring (bicyclic) bond motifs is 2. The van der Waals surface area contributed by atoms with Crippen LogP contribution in [0.5, 0.6) is 0 Å². The van der Waals surface area contributed by atoms with E-state index in [-0.39, 0.29) is 6.42 Å². The lowest BCUT2D eigenvalue weighted by atomic mass is 9.93. The molecule has 0 fully saturated rings. The first-order chi connectivity index (χ1) is 19.9. The highest BCUT2D eigenvalue weighted by Crippen LogP contribution is 2.41. The van der Waals surface area contributed by atoms with E-state index in [4.69, 9.17) is 21.7 Å². The number of aliphatic carboxylic acids is 1. The third kappa shape index (κ3) is 6.65. The van der Waals surface area contributed by atoms with Crippen LogP contribution >= 0.6 is 22.9 Å². The third-order valence-corrected chi connectivity index (χ3v) is 7.64. The number of aromatic nitrogens is 5. The van der Waals surface area contributed by atoms with Crippen molar-refractivity contribution in [2.24, 2.45) is 7.05 Å². The maximum Gasteiger partial charge on any atom is 0.307 e. The van der Waals surface area contributed by atoms with Crippen molar-refractivity contribution in [1.29, 1.82) is 0 Å². The quantitative estimate of drug-likeness (QED) is 0.213. The molecule has 0 aliphatic heterocycles. The molecule has 2 aromatic carbocycles. The zero-order valence-electron chi connectivity index (χ0n) is 23.9. The van der Waals surface area contributed by atoms with Crippen LogP contribution in [0.4, 0.5) is 0 Å². The summed E-state index contributed by atoms with van der Waals surface area (Å²) >= 11 is 7.67.